The van der Waals surface area contributed by atoms with Gasteiger partial charge in [0, 0.05) is 48.5 Å². The summed E-state index contributed by atoms with van der Waals surface area (Å²) in [5.41, 5.74) is 19.0. The molecule has 2 aromatic heterocycles. The summed E-state index contributed by atoms with van der Waals surface area (Å²) < 4.78 is 3.82. The number of nitrogens with zero attached hydrogens (tertiary/aromatic N) is 2. The Balaban J connectivity index is 0.962. The Morgan fingerprint density at radius 3 is 1.93 bits per heavy atom. The van der Waals surface area contributed by atoms with Gasteiger partial charge in [-0.1, -0.05) is 147 Å². The van der Waals surface area contributed by atoms with Crippen LogP contribution in [0.5, 0.6) is 0 Å². The highest BCUT2D eigenvalue weighted by molar-refractivity contribution is 7.21. The molecule has 60 heavy (non-hydrogen) atoms. The average molecular weight is 787 g/mol. The third kappa shape index (κ3) is 5.32. The van der Waals surface area contributed by atoms with E-state index in [2.05, 4.69) is 217 Å². The fraction of sp³-hybridized carbons (Fsp3) is 0.0877. The molecule has 0 amide bonds. The first-order valence-corrected chi connectivity index (χ1v) is 21.9. The van der Waals surface area contributed by atoms with E-state index in [9.17, 15) is 0 Å². The molecule has 10 aromatic rings. The lowest BCUT2D eigenvalue weighted by atomic mass is 9.82. The van der Waals surface area contributed by atoms with Gasteiger partial charge in [0.1, 0.15) is 0 Å². The highest BCUT2D eigenvalue weighted by Crippen LogP contribution is 2.51. The number of benzene rings is 8. The van der Waals surface area contributed by atoms with Gasteiger partial charge in [-0.3, -0.25) is 0 Å². The molecular weight excluding hydrogens is 745 g/mol. The van der Waals surface area contributed by atoms with E-state index < -0.39 is 0 Å². The molecule has 0 aliphatic heterocycles. The first kappa shape index (κ1) is 35.0. The van der Waals surface area contributed by atoms with Gasteiger partial charge in [-0.05, 0) is 129 Å². The Kier molecular flexibility index (Phi) is 7.92. The molecule has 2 aliphatic carbocycles. The van der Waals surface area contributed by atoms with Gasteiger partial charge in [-0.25, -0.2) is 0 Å². The van der Waals surface area contributed by atoms with E-state index in [1.165, 1.54) is 92.5 Å². The van der Waals surface area contributed by atoms with Crippen molar-refractivity contribution in [2.24, 2.45) is 0 Å². The Morgan fingerprint density at radius 2 is 1.15 bits per heavy atom. The second-order valence-electron chi connectivity index (χ2n) is 16.8. The van der Waals surface area contributed by atoms with E-state index in [4.69, 9.17) is 0 Å². The minimum absolute atomic E-state index is 0.0912. The highest BCUT2D eigenvalue weighted by Gasteiger charge is 2.36. The maximum Gasteiger partial charge on any atom is 0.0555 e. The SMILES string of the molecule is CC1(C)c2ccccc2-c2ccc(N(c3ccc(C4=CCCc5c4sc4c5ccc5c4c4ccccc4n5-c4ccccc4)cc3)c3ccc(-c4ccccc4)cc3)cc21. The van der Waals surface area contributed by atoms with Gasteiger partial charge >= 0.3 is 0 Å². The van der Waals surface area contributed by atoms with Crippen molar-refractivity contribution in [3.8, 4) is 27.9 Å². The summed E-state index contributed by atoms with van der Waals surface area (Å²) >= 11 is 1.97. The predicted molar refractivity (Wildman–Crippen MR) is 256 cm³/mol. The lowest BCUT2D eigenvalue weighted by Gasteiger charge is -2.28. The van der Waals surface area contributed by atoms with Crippen LogP contribution in [0.2, 0.25) is 0 Å². The van der Waals surface area contributed by atoms with Crippen LogP contribution in [0.3, 0.4) is 0 Å². The number of thiophene rings is 1. The van der Waals surface area contributed by atoms with Crippen molar-refractivity contribution in [3.05, 3.63) is 221 Å². The molecule has 0 N–H and O–H groups in total. The molecule has 0 bridgehead atoms. The van der Waals surface area contributed by atoms with Crippen LogP contribution in [-0.2, 0) is 11.8 Å². The molecular formula is C57H42N2S. The number of rotatable bonds is 6. The maximum absolute atomic E-state index is 2.47. The molecule has 0 unspecified atom stereocenters. The number of aromatic nitrogens is 1. The summed E-state index contributed by atoms with van der Waals surface area (Å²) in [6.45, 7) is 4.73. The number of fused-ring (bicyclic) bond motifs is 10. The first-order valence-electron chi connectivity index (χ1n) is 21.1. The average Bonchev–Trinajstić information content (AvgIpc) is 3.93. The van der Waals surface area contributed by atoms with Crippen molar-refractivity contribution in [1.29, 1.82) is 0 Å². The minimum atomic E-state index is -0.0912. The van der Waals surface area contributed by atoms with Gasteiger partial charge < -0.3 is 9.47 Å². The third-order valence-electron chi connectivity index (χ3n) is 13.1. The molecule has 2 aliphatic rings. The van der Waals surface area contributed by atoms with E-state index >= 15 is 0 Å². The number of allylic oxidation sites excluding steroid dienone is 1. The first-order chi connectivity index (χ1) is 29.5. The molecule has 0 spiro atoms. The summed E-state index contributed by atoms with van der Waals surface area (Å²) in [6.07, 6.45) is 4.56. The molecule has 0 atom stereocenters. The smallest absolute Gasteiger partial charge is 0.0555 e. The lowest BCUT2D eigenvalue weighted by molar-refractivity contribution is 0.660. The predicted octanol–water partition coefficient (Wildman–Crippen LogP) is 15.8. The molecule has 3 heteroatoms. The van der Waals surface area contributed by atoms with E-state index in [-0.39, 0.29) is 5.41 Å². The quantitative estimate of drug-likeness (QED) is 0.163. The minimum Gasteiger partial charge on any atom is -0.310 e. The van der Waals surface area contributed by atoms with Crippen molar-refractivity contribution in [2.45, 2.75) is 32.1 Å². The van der Waals surface area contributed by atoms with Crippen LogP contribution >= 0.6 is 11.3 Å². The van der Waals surface area contributed by atoms with E-state index in [0.717, 1.165) is 29.9 Å². The van der Waals surface area contributed by atoms with Crippen LogP contribution < -0.4 is 4.90 Å². The molecule has 12 rings (SSSR count). The van der Waals surface area contributed by atoms with Crippen LogP contribution in [-0.4, -0.2) is 4.57 Å². The second-order valence-corrected chi connectivity index (χ2v) is 17.8. The van der Waals surface area contributed by atoms with Gasteiger partial charge in [0.15, 0.2) is 0 Å². The second kappa shape index (κ2) is 13.6. The van der Waals surface area contributed by atoms with E-state index in [0.29, 0.717) is 0 Å². The van der Waals surface area contributed by atoms with Crippen molar-refractivity contribution >= 4 is 65.9 Å². The van der Waals surface area contributed by atoms with Gasteiger partial charge in [0.25, 0.3) is 0 Å². The fourth-order valence-electron chi connectivity index (χ4n) is 10.2. The maximum atomic E-state index is 2.47. The Morgan fingerprint density at radius 1 is 0.517 bits per heavy atom. The molecule has 8 aromatic carbocycles. The summed E-state index contributed by atoms with van der Waals surface area (Å²) in [7, 11) is 0. The molecule has 286 valence electrons. The van der Waals surface area contributed by atoms with E-state index in [1.807, 2.05) is 11.3 Å². The summed E-state index contributed by atoms with van der Waals surface area (Å²) in [4.78, 5) is 3.83. The molecule has 0 saturated heterocycles. The van der Waals surface area contributed by atoms with Crippen molar-refractivity contribution in [3.63, 3.8) is 0 Å². The molecule has 2 nitrogen and oxygen atoms in total. The highest BCUT2D eigenvalue weighted by atomic mass is 32.1. The molecule has 0 saturated carbocycles. The summed E-state index contributed by atoms with van der Waals surface area (Å²) in [5.74, 6) is 0. The van der Waals surface area contributed by atoms with Crippen LogP contribution in [0, 0.1) is 0 Å². The Labute approximate surface area is 354 Å². The van der Waals surface area contributed by atoms with Gasteiger partial charge in [-0.15, -0.1) is 11.3 Å². The van der Waals surface area contributed by atoms with Crippen molar-refractivity contribution < 1.29 is 0 Å². The van der Waals surface area contributed by atoms with Crippen molar-refractivity contribution in [2.75, 3.05) is 4.90 Å². The summed E-state index contributed by atoms with van der Waals surface area (Å²) in [6, 6.07) is 69.4. The summed E-state index contributed by atoms with van der Waals surface area (Å²) in [5, 5.41) is 4.06. The van der Waals surface area contributed by atoms with Gasteiger partial charge in [0.2, 0.25) is 0 Å². The zero-order valence-electron chi connectivity index (χ0n) is 33.7. The standard InChI is InChI=1S/C57H42N2S/c1-57(2)50-22-11-9-18-45(50)46-33-32-43(36-51(46)57)58(41-28-24-38(25-29-41)37-14-5-3-6-15-37)42-30-26-39(27-31-42)44-20-13-21-47-48-34-35-53-54(56(48)60-55(44)47)49-19-10-12-23-52(49)59(53)40-16-7-4-8-17-40/h3-12,14-20,22-36H,13,21H2,1-2H3. The Hall–Kier alpha value is -6.94. The largest absolute Gasteiger partial charge is 0.310 e. The van der Waals surface area contributed by atoms with Crippen molar-refractivity contribution in [1.82, 2.24) is 4.57 Å². The third-order valence-corrected chi connectivity index (χ3v) is 14.4. The fourth-order valence-corrected chi connectivity index (χ4v) is 11.7. The van der Waals surface area contributed by atoms with Gasteiger partial charge in [0.05, 0.1) is 11.0 Å². The van der Waals surface area contributed by atoms with Crippen LogP contribution in [0.1, 0.15) is 47.4 Å². The number of hydrogen-bond donors (Lipinski definition) is 0. The molecule has 2 heterocycles. The number of hydrogen-bond acceptors (Lipinski definition) is 2. The van der Waals surface area contributed by atoms with Gasteiger partial charge in [-0.2, -0.15) is 0 Å². The number of aryl methyl sites for hydroxylation is 1. The van der Waals surface area contributed by atoms with Crippen LogP contribution in [0.25, 0.3) is 65.4 Å². The zero-order chi connectivity index (χ0) is 40.0. The lowest BCUT2D eigenvalue weighted by Crippen LogP contribution is -2.16. The van der Waals surface area contributed by atoms with Crippen LogP contribution in [0.15, 0.2) is 194 Å². The van der Waals surface area contributed by atoms with Crippen LogP contribution in [0.4, 0.5) is 17.1 Å². The topological polar surface area (TPSA) is 8.17 Å². The number of anilines is 3. The molecule has 0 fully saturated rings. The van der Waals surface area contributed by atoms with E-state index in [1.54, 1.807) is 0 Å². The normalized spacial score (nSPS) is 13.9. The zero-order valence-corrected chi connectivity index (χ0v) is 34.5. The monoisotopic (exact) mass is 786 g/mol. The molecule has 0 radical (unpaired) electrons. The number of para-hydroxylation sites is 2. The Bertz CT molecular complexity index is 3310.